The molecule has 0 aromatic heterocycles. The summed E-state index contributed by atoms with van der Waals surface area (Å²) < 4.78 is 11.2. The first kappa shape index (κ1) is 18.1. The second kappa shape index (κ2) is 7.27. The van der Waals surface area contributed by atoms with Gasteiger partial charge >= 0.3 is 5.97 Å². The third-order valence-electron chi connectivity index (χ3n) is 3.50. The summed E-state index contributed by atoms with van der Waals surface area (Å²) in [6.45, 7) is 0. The van der Waals surface area contributed by atoms with Gasteiger partial charge in [-0.3, -0.25) is 10.1 Å². The fraction of sp³-hybridized carbons (Fsp3) is 0.0588. The van der Waals surface area contributed by atoms with Crippen molar-refractivity contribution in [2.45, 2.75) is 0 Å². The van der Waals surface area contributed by atoms with Gasteiger partial charge in [-0.05, 0) is 30.3 Å². The zero-order valence-electron chi connectivity index (χ0n) is 13.2. The molecule has 2 aromatic carbocycles. The van der Waals surface area contributed by atoms with Crippen molar-refractivity contribution in [1.29, 1.82) is 0 Å². The molecule has 1 aliphatic heterocycles. The van der Waals surface area contributed by atoms with Gasteiger partial charge in [0.05, 0.1) is 22.6 Å². The second-order valence-corrected chi connectivity index (χ2v) is 6.47. The predicted octanol–water partition coefficient (Wildman–Crippen LogP) is 4.36. The first-order valence-corrected chi connectivity index (χ1v) is 8.36. The van der Waals surface area contributed by atoms with E-state index < -0.39 is 10.9 Å². The number of aliphatic imine (C=N–C) groups is 1. The first-order valence-electron chi connectivity index (χ1n) is 7.19. The molecule has 26 heavy (non-hydrogen) atoms. The van der Waals surface area contributed by atoms with Crippen LogP contribution in [0.2, 0.25) is 5.02 Å². The second-order valence-electron chi connectivity index (χ2n) is 5.14. The number of esters is 1. The molecule has 7 nitrogen and oxygen atoms in total. The van der Waals surface area contributed by atoms with Crippen molar-refractivity contribution in [3.05, 3.63) is 72.8 Å². The van der Waals surface area contributed by atoms with Crippen LogP contribution in [-0.2, 0) is 9.53 Å². The van der Waals surface area contributed by atoms with Crippen LogP contribution in [0.3, 0.4) is 0 Å². The molecule has 3 rings (SSSR count). The standard InChI is InChI=1S/C17H10BrClN2O5/c1-25-15-5-2-10(18)6-9(15)7-14-17(22)26-16(20-14)12-8-11(21(23)24)3-4-13(12)19/h2-8H,1H3. The SMILES string of the molecule is COc1ccc(Br)cc1C=C1N=C(c2cc([N+](=O)[O-])ccc2Cl)OC1=O. The highest BCUT2D eigenvalue weighted by Gasteiger charge is 2.27. The summed E-state index contributed by atoms with van der Waals surface area (Å²) in [4.78, 5) is 26.6. The van der Waals surface area contributed by atoms with Crippen molar-refractivity contribution in [2.24, 2.45) is 4.99 Å². The minimum Gasteiger partial charge on any atom is -0.496 e. The number of carbonyl (C=O) groups is 1. The number of methoxy groups -OCH3 is 1. The molecule has 1 heterocycles. The van der Waals surface area contributed by atoms with Gasteiger partial charge in [-0.2, -0.15) is 0 Å². The van der Waals surface area contributed by atoms with E-state index in [4.69, 9.17) is 21.1 Å². The minimum absolute atomic E-state index is 0.0268. The summed E-state index contributed by atoms with van der Waals surface area (Å²) in [6, 6.07) is 9.10. The Morgan fingerprint density at radius 3 is 2.77 bits per heavy atom. The van der Waals surface area contributed by atoms with E-state index in [9.17, 15) is 14.9 Å². The fourth-order valence-electron chi connectivity index (χ4n) is 2.28. The number of halogens is 2. The van der Waals surface area contributed by atoms with E-state index >= 15 is 0 Å². The number of cyclic esters (lactones) is 1. The van der Waals surface area contributed by atoms with E-state index in [-0.39, 0.29) is 27.9 Å². The smallest absolute Gasteiger partial charge is 0.363 e. The Bertz CT molecular complexity index is 987. The van der Waals surface area contributed by atoms with Gasteiger partial charge in [0, 0.05) is 22.2 Å². The number of non-ortho nitro benzene ring substituents is 1. The zero-order chi connectivity index (χ0) is 18.8. The quantitative estimate of drug-likeness (QED) is 0.307. The molecule has 0 spiro atoms. The molecule has 0 fully saturated rings. The van der Waals surface area contributed by atoms with Crippen molar-refractivity contribution in [3.8, 4) is 5.75 Å². The van der Waals surface area contributed by atoms with Gasteiger partial charge in [0.1, 0.15) is 5.75 Å². The Kier molecular flexibility index (Phi) is 5.06. The lowest BCUT2D eigenvalue weighted by Crippen LogP contribution is -2.06. The summed E-state index contributed by atoms with van der Waals surface area (Å²) in [6.07, 6.45) is 1.50. The van der Waals surface area contributed by atoms with E-state index in [1.165, 1.54) is 31.4 Å². The molecule has 0 bridgehead atoms. The van der Waals surface area contributed by atoms with Crippen molar-refractivity contribution in [1.82, 2.24) is 0 Å². The average molecular weight is 438 g/mol. The molecule has 0 saturated carbocycles. The van der Waals surface area contributed by atoms with E-state index in [2.05, 4.69) is 20.9 Å². The molecule has 9 heteroatoms. The van der Waals surface area contributed by atoms with Crippen LogP contribution in [-0.4, -0.2) is 23.9 Å². The van der Waals surface area contributed by atoms with Gasteiger partial charge in [0.2, 0.25) is 5.90 Å². The van der Waals surface area contributed by atoms with Crippen molar-refractivity contribution >= 4 is 51.2 Å². The van der Waals surface area contributed by atoms with Crippen LogP contribution >= 0.6 is 27.5 Å². The number of ether oxygens (including phenoxy) is 2. The molecule has 0 unspecified atom stereocenters. The highest BCUT2D eigenvalue weighted by atomic mass is 79.9. The molecule has 0 radical (unpaired) electrons. The van der Waals surface area contributed by atoms with Gasteiger partial charge < -0.3 is 9.47 Å². The molecule has 132 valence electrons. The average Bonchev–Trinajstić information content (AvgIpc) is 2.96. The monoisotopic (exact) mass is 436 g/mol. The maximum absolute atomic E-state index is 12.1. The topological polar surface area (TPSA) is 91.0 Å². The Balaban J connectivity index is 2.04. The van der Waals surface area contributed by atoms with Crippen molar-refractivity contribution in [3.63, 3.8) is 0 Å². The van der Waals surface area contributed by atoms with Gasteiger partial charge in [0.15, 0.2) is 5.70 Å². The van der Waals surface area contributed by atoms with Crippen LogP contribution in [0.15, 0.2) is 51.6 Å². The summed E-state index contributed by atoms with van der Waals surface area (Å²) in [7, 11) is 1.51. The summed E-state index contributed by atoms with van der Waals surface area (Å²) in [5.41, 5.74) is 0.621. The third-order valence-corrected chi connectivity index (χ3v) is 4.32. The number of rotatable bonds is 4. The van der Waals surface area contributed by atoms with Crippen LogP contribution in [0.25, 0.3) is 6.08 Å². The lowest BCUT2D eigenvalue weighted by molar-refractivity contribution is -0.384. The number of carbonyl (C=O) groups excluding carboxylic acids is 1. The fourth-order valence-corrected chi connectivity index (χ4v) is 2.86. The van der Waals surface area contributed by atoms with Crippen LogP contribution in [0, 0.1) is 10.1 Å². The molecule has 0 atom stereocenters. The van der Waals surface area contributed by atoms with E-state index in [0.29, 0.717) is 11.3 Å². The Labute approximate surface area is 161 Å². The minimum atomic E-state index is -0.690. The lowest BCUT2D eigenvalue weighted by atomic mass is 10.1. The molecule has 0 aliphatic carbocycles. The zero-order valence-corrected chi connectivity index (χ0v) is 15.6. The maximum atomic E-state index is 12.1. The highest BCUT2D eigenvalue weighted by molar-refractivity contribution is 9.10. The first-order chi connectivity index (χ1) is 12.4. The normalized spacial score (nSPS) is 15.0. The number of nitrogens with zero attached hydrogens (tertiary/aromatic N) is 2. The Hall–Kier alpha value is -2.71. The van der Waals surface area contributed by atoms with Gasteiger partial charge in [-0.1, -0.05) is 27.5 Å². The maximum Gasteiger partial charge on any atom is 0.363 e. The van der Waals surface area contributed by atoms with Crippen molar-refractivity contribution < 1.29 is 19.2 Å². The van der Waals surface area contributed by atoms with E-state index in [1.54, 1.807) is 18.2 Å². The number of nitro benzene ring substituents is 1. The summed E-state index contributed by atoms with van der Waals surface area (Å²) in [5.74, 6) is -0.237. The lowest BCUT2D eigenvalue weighted by Gasteiger charge is -2.04. The van der Waals surface area contributed by atoms with Gasteiger partial charge in [-0.15, -0.1) is 0 Å². The molecular weight excluding hydrogens is 428 g/mol. The van der Waals surface area contributed by atoms with Crippen LogP contribution in [0.4, 0.5) is 5.69 Å². The van der Waals surface area contributed by atoms with E-state index in [1.807, 2.05) is 0 Å². The van der Waals surface area contributed by atoms with E-state index in [0.717, 1.165) is 4.47 Å². The van der Waals surface area contributed by atoms with Crippen LogP contribution < -0.4 is 4.74 Å². The van der Waals surface area contributed by atoms with Gasteiger partial charge in [-0.25, -0.2) is 9.79 Å². The van der Waals surface area contributed by atoms with Crippen LogP contribution in [0.1, 0.15) is 11.1 Å². The predicted molar refractivity (Wildman–Crippen MR) is 99.4 cm³/mol. The highest BCUT2D eigenvalue weighted by Crippen LogP contribution is 2.29. The van der Waals surface area contributed by atoms with Gasteiger partial charge in [0.25, 0.3) is 5.69 Å². The summed E-state index contributed by atoms with van der Waals surface area (Å²) >= 11 is 9.42. The number of hydrogen-bond donors (Lipinski definition) is 0. The number of hydrogen-bond acceptors (Lipinski definition) is 6. The Morgan fingerprint density at radius 1 is 1.31 bits per heavy atom. The summed E-state index contributed by atoms with van der Waals surface area (Å²) in [5, 5.41) is 11.1. The Morgan fingerprint density at radius 2 is 2.08 bits per heavy atom. The molecule has 2 aromatic rings. The molecule has 1 aliphatic rings. The molecule has 0 amide bonds. The molecule has 0 N–H and O–H groups in total. The largest absolute Gasteiger partial charge is 0.496 e. The molecule has 0 saturated heterocycles. The third kappa shape index (κ3) is 3.61. The van der Waals surface area contributed by atoms with Crippen molar-refractivity contribution in [2.75, 3.05) is 7.11 Å². The number of nitro groups is 1. The van der Waals surface area contributed by atoms with Crippen LogP contribution in [0.5, 0.6) is 5.75 Å². The molecular formula is C17H10BrClN2O5. The number of benzene rings is 2.